The molecule has 0 N–H and O–H groups in total. The predicted octanol–water partition coefficient (Wildman–Crippen LogP) is 9.30. The SMILES string of the molecule is C/C=C/CCc1ccc(OC(=O)c2c(F)cc(C3CCC(C[C@@H](C)c4ccccc4)CC3)cc2F)cc1F. The van der Waals surface area contributed by atoms with E-state index in [-0.39, 0.29) is 11.7 Å². The van der Waals surface area contributed by atoms with Gasteiger partial charge in [-0.15, -0.1) is 0 Å². The van der Waals surface area contributed by atoms with Crippen LogP contribution >= 0.6 is 0 Å². The van der Waals surface area contributed by atoms with Gasteiger partial charge in [-0.2, -0.15) is 0 Å². The second-order valence-electron chi connectivity index (χ2n) is 10.4. The molecule has 3 aromatic carbocycles. The van der Waals surface area contributed by atoms with Crippen LogP contribution < -0.4 is 4.74 Å². The third-order valence-electron chi connectivity index (χ3n) is 7.69. The molecule has 0 aromatic heterocycles. The monoisotopic (exact) mass is 520 g/mol. The second kappa shape index (κ2) is 12.9. The normalized spacial score (nSPS) is 18.4. The molecule has 200 valence electrons. The Morgan fingerprint density at radius 1 is 0.947 bits per heavy atom. The van der Waals surface area contributed by atoms with E-state index in [1.165, 1.54) is 29.8 Å². The number of esters is 1. The topological polar surface area (TPSA) is 26.3 Å². The van der Waals surface area contributed by atoms with Crippen LogP contribution in [0.4, 0.5) is 13.2 Å². The van der Waals surface area contributed by atoms with E-state index < -0.39 is 29.0 Å². The van der Waals surface area contributed by atoms with Gasteiger partial charge in [-0.05, 0) is 105 Å². The van der Waals surface area contributed by atoms with E-state index >= 15 is 0 Å². The van der Waals surface area contributed by atoms with Gasteiger partial charge in [0.25, 0.3) is 0 Å². The number of aryl methyl sites for hydroxylation is 1. The molecule has 3 aromatic rings. The molecular weight excluding hydrogens is 485 g/mol. The number of carbonyl (C=O) groups is 1. The summed E-state index contributed by atoms with van der Waals surface area (Å²) < 4.78 is 49.4. The Labute approximate surface area is 223 Å². The molecule has 38 heavy (non-hydrogen) atoms. The van der Waals surface area contributed by atoms with Gasteiger partial charge in [0.15, 0.2) is 0 Å². The summed E-state index contributed by atoms with van der Waals surface area (Å²) in [5.41, 5.74) is 1.64. The first-order valence-electron chi connectivity index (χ1n) is 13.5. The minimum atomic E-state index is -1.17. The highest BCUT2D eigenvalue weighted by molar-refractivity contribution is 5.91. The van der Waals surface area contributed by atoms with Gasteiger partial charge >= 0.3 is 5.97 Å². The van der Waals surface area contributed by atoms with Crippen molar-refractivity contribution >= 4 is 5.97 Å². The van der Waals surface area contributed by atoms with E-state index in [1.54, 1.807) is 0 Å². The molecule has 5 heteroatoms. The highest BCUT2D eigenvalue weighted by atomic mass is 19.1. The van der Waals surface area contributed by atoms with Gasteiger partial charge in [0.05, 0.1) is 0 Å². The van der Waals surface area contributed by atoms with Crippen LogP contribution in [0.15, 0.2) is 72.8 Å². The number of hydrogen-bond donors (Lipinski definition) is 0. The molecule has 2 nitrogen and oxygen atoms in total. The van der Waals surface area contributed by atoms with Gasteiger partial charge in [0, 0.05) is 6.07 Å². The van der Waals surface area contributed by atoms with E-state index in [9.17, 15) is 18.0 Å². The van der Waals surface area contributed by atoms with Crippen LogP contribution in [0.25, 0.3) is 0 Å². The number of benzene rings is 3. The largest absolute Gasteiger partial charge is 0.423 e. The lowest BCUT2D eigenvalue weighted by Crippen LogP contribution is -2.17. The van der Waals surface area contributed by atoms with Crippen LogP contribution in [0.2, 0.25) is 0 Å². The molecule has 1 fully saturated rings. The maximum atomic E-state index is 15.0. The van der Waals surface area contributed by atoms with Gasteiger partial charge in [0.2, 0.25) is 0 Å². The fourth-order valence-electron chi connectivity index (χ4n) is 5.53. The molecule has 1 saturated carbocycles. The minimum Gasteiger partial charge on any atom is -0.423 e. The van der Waals surface area contributed by atoms with Crippen LogP contribution in [-0.2, 0) is 6.42 Å². The quantitative estimate of drug-likeness (QED) is 0.160. The number of ether oxygens (including phenoxy) is 1. The highest BCUT2D eigenvalue weighted by Crippen LogP contribution is 2.40. The van der Waals surface area contributed by atoms with Gasteiger partial charge in [-0.25, -0.2) is 18.0 Å². The molecule has 1 aliphatic carbocycles. The van der Waals surface area contributed by atoms with Gasteiger partial charge in [-0.1, -0.05) is 55.5 Å². The maximum Gasteiger partial charge on any atom is 0.349 e. The molecule has 0 unspecified atom stereocenters. The van der Waals surface area contributed by atoms with Crippen molar-refractivity contribution in [3.63, 3.8) is 0 Å². The van der Waals surface area contributed by atoms with E-state index in [2.05, 4.69) is 31.2 Å². The first kappa shape index (κ1) is 27.7. The van der Waals surface area contributed by atoms with Crippen LogP contribution in [0.3, 0.4) is 0 Å². The molecule has 0 aliphatic heterocycles. The molecule has 0 saturated heterocycles. The molecule has 0 spiro atoms. The Bertz CT molecular complexity index is 1240. The van der Waals surface area contributed by atoms with Crippen molar-refractivity contribution in [3.8, 4) is 5.75 Å². The van der Waals surface area contributed by atoms with Crippen molar-refractivity contribution in [3.05, 3.63) is 113 Å². The highest BCUT2D eigenvalue weighted by Gasteiger charge is 2.27. The molecule has 1 atom stereocenters. The first-order chi connectivity index (χ1) is 18.4. The fraction of sp³-hybridized carbons (Fsp3) is 0.364. The number of halogens is 3. The van der Waals surface area contributed by atoms with Crippen molar-refractivity contribution in [2.45, 2.75) is 70.6 Å². The summed E-state index contributed by atoms with van der Waals surface area (Å²) in [5.74, 6) is -2.58. The number of allylic oxidation sites excluding steroid dienone is 2. The van der Waals surface area contributed by atoms with Crippen molar-refractivity contribution in [1.82, 2.24) is 0 Å². The van der Waals surface area contributed by atoms with Gasteiger partial charge in [0.1, 0.15) is 28.8 Å². The lowest BCUT2D eigenvalue weighted by atomic mass is 9.75. The molecule has 4 rings (SSSR count). The molecular formula is C33H35F3O2. The Morgan fingerprint density at radius 3 is 2.26 bits per heavy atom. The third kappa shape index (κ3) is 6.94. The molecule has 1 aliphatic rings. The lowest BCUT2D eigenvalue weighted by Gasteiger charge is -2.30. The van der Waals surface area contributed by atoms with Crippen molar-refractivity contribution < 1.29 is 22.7 Å². The Balaban J connectivity index is 1.36. The summed E-state index contributed by atoms with van der Waals surface area (Å²) in [4.78, 5) is 12.6. The first-order valence-corrected chi connectivity index (χ1v) is 13.5. The zero-order valence-corrected chi connectivity index (χ0v) is 22.1. The summed E-state index contributed by atoms with van der Waals surface area (Å²) in [6, 6.07) is 17.0. The van der Waals surface area contributed by atoms with Crippen molar-refractivity contribution in [1.29, 1.82) is 0 Å². The standard InChI is InChI=1S/C33H35F3O2/c1-3-4-6-11-26-16-17-28(21-29(26)34)38-33(37)32-30(35)19-27(20-31(32)36)25-14-12-23(13-15-25)18-22(2)24-9-7-5-8-10-24/h3-5,7-10,16-17,19-23,25H,6,11-15,18H2,1-2H3/b4-3+/t22-,23?,25?/m1/s1. The minimum absolute atomic E-state index is 0.0524. The van der Waals surface area contributed by atoms with Crippen LogP contribution in [0.5, 0.6) is 5.75 Å². The average molecular weight is 521 g/mol. The molecule has 0 radical (unpaired) electrons. The van der Waals surface area contributed by atoms with Crippen molar-refractivity contribution in [2.75, 3.05) is 0 Å². The Hall–Kier alpha value is -3.34. The fourth-order valence-corrected chi connectivity index (χ4v) is 5.53. The van der Waals surface area contributed by atoms with Crippen LogP contribution in [0.1, 0.15) is 91.3 Å². The molecule has 0 amide bonds. The van der Waals surface area contributed by atoms with E-state index in [4.69, 9.17) is 4.74 Å². The summed E-state index contributed by atoms with van der Waals surface area (Å²) >= 11 is 0. The van der Waals surface area contributed by atoms with Crippen molar-refractivity contribution in [2.24, 2.45) is 5.92 Å². The van der Waals surface area contributed by atoms with E-state index in [0.717, 1.165) is 38.2 Å². The van der Waals surface area contributed by atoms with E-state index in [0.29, 0.717) is 35.8 Å². The van der Waals surface area contributed by atoms with Crippen LogP contribution in [-0.4, -0.2) is 5.97 Å². The van der Waals surface area contributed by atoms with E-state index in [1.807, 2.05) is 25.1 Å². The predicted molar refractivity (Wildman–Crippen MR) is 145 cm³/mol. The third-order valence-corrected chi connectivity index (χ3v) is 7.69. The molecule has 0 heterocycles. The zero-order valence-electron chi connectivity index (χ0n) is 22.1. The molecule has 0 bridgehead atoms. The lowest BCUT2D eigenvalue weighted by molar-refractivity contribution is 0.0724. The average Bonchev–Trinajstić information content (AvgIpc) is 2.90. The Morgan fingerprint density at radius 2 is 1.63 bits per heavy atom. The number of hydrogen-bond acceptors (Lipinski definition) is 2. The summed E-state index contributed by atoms with van der Waals surface area (Å²) in [6.07, 6.45) is 9.83. The Kier molecular flexibility index (Phi) is 9.43. The number of rotatable bonds is 9. The maximum absolute atomic E-state index is 15.0. The summed E-state index contributed by atoms with van der Waals surface area (Å²) in [6.45, 7) is 4.14. The van der Waals surface area contributed by atoms with Gasteiger partial charge < -0.3 is 4.74 Å². The van der Waals surface area contributed by atoms with Gasteiger partial charge in [-0.3, -0.25) is 0 Å². The summed E-state index contributed by atoms with van der Waals surface area (Å²) in [5, 5.41) is 0. The number of carbonyl (C=O) groups excluding carboxylic acids is 1. The summed E-state index contributed by atoms with van der Waals surface area (Å²) in [7, 11) is 0. The smallest absolute Gasteiger partial charge is 0.349 e. The second-order valence-corrected chi connectivity index (χ2v) is 10.4. The van der Waals surface area contributed by atoms with Crippen LogP contribution in [0, 0.1) is 23.4 Å². The zero-order chi connectivity index (χ0) is 27.1.